The SMILES string of the molecule is CN(C1c2ccccc2C=CC1N1CCCC1)S(=O)(=O)c1ccc([N+](=O)O)cc1. The van der Waals surface area contributed by atoms with Crippen molar-refractivity contribution >= 4 is 21.8 Å². The Labute approximate surface area is 170 Å². The summed E-state index contributed by atoms with van der Waals surface area (Å²) in [4.78, 5) is 13.1. The van der Waals surface area contributed by atoms with Crippen LogP contribution in [0.3, 0.4) is 0 Å². The number of hydrogen-bond acceptors (Lipinski definition) is 4. The molecule has 0 amide bonds. The molecule has 0 bridgehead atoms. The molecule has 2 aromatic rings. The minimum atomic E-state index is -3.82. The number of fused-ring (bicyclic) bond motifs is 1. The highest BCUT2D eigenvalue weighted by Gasteiger charge is 2.39. The lowest BCUT2D eigenvalue weighted by Gasteiger charge is -2.40. The molecule has 8 heteroatoms. The van der Waals surface area contributed by atoms with Crippen molar-refractivity contribution < 1.29 is 18.5 Å². The number of sulfonamides is 1. The van der Waals surface area contributed by atoms with E-state index in [2.05, 4.69) is 17.1 Å². The zero-order chi connectivity index (χ0) is 20.6. The molecule has 1 heterocycles. The molecule has 2 atom stereocenters. The first kappa shape index (κ1) is 19.8. The van der Waals surface area contributed by atoms with Crippen molar-refractivity contribution in [2.75, 3.05) is 20.1 Å². The maximum atomic E-state index is 13.4. The molecule has 1 N–H and O–H groups in total. The molecule has 7 nitrogen and oxygen atoms in total. The van der Waals surface area contributed by atoms with Crippen LogP contribution in [0.15, 0.2) is 59.5 Å². The van der Waals surface area contributed by atoms with E-state index in [-0.39, 0.29) is 27.6 Å². The van der Waals surface area contributed by atoms with Gasteiger partial charge in [-0.2, -0.15) is 4.31 Å². The number of hydrogen-bond donors (Lipinski definition) is 1. The Hall–Kier alpha value is -2.55. The number of benzene rings is 2. The fourth-order valence-electron chi connectivity index (χ4n) is 4.26. The van der Waals surface area contributed by atoms with Gasteiger partial charge in [0, 0.05) is 25.2 Å². The highest BCUT2D eigenvalue weighted by atomic mass is 32.2. The minimum Gasteiger partial charge on any atom is -0.295 e. The van der Waals surface area contributed by atoms with Crippen LogP contribution in [-0.2, 0) is 10.0 Å². The summed E-state index contributed by atoms with van der Waals surface area (Å²) >= 11 is 0. The predicted molar refractivity (Wildman–Crippen MR) is 109 cm³/mol. The third kappa shape index (κ3) is 3.59. The van der Waals surface area contributed by atoms with Crippen LogP contribution in [0.2, 0.25) is 0 Å². The molecule has 1 aliphatic carbocycles. The molecule has 29 heavy (non-hydrogen) atoms. The molecule has 2 unspecified atom stereocenters. The van der Waals surface area contributed by atoms with Gasteiger partial charge in [0.2, 0.25) is 10.0 Å². The maximum absolute atomic E-state index is 13.4. The van der Waals surface area contributed by atoms with E-state index < -0.39 is 10.0 Å². The summed E-state index contributed by atoms with van der Waals surface area (Å²) in [5.74, 6) is 0. The van der Waals surface area contributed by atoms with Crippen LogP contribution in [0.4, 0.5) is 5.69 Å². The lowest BCUT2D eigenvalue weighted by atomic mass is 9.88. The largest absolute Gasteiger partial charge is 0.316 e. The van der Waals surface area contributed by atoms with Gasteiger partial charge < -0.3 is 0 Å². The van der Waals surface area contributed by atoms with Crippen LogP contribution in [0.25, 0.3) is 6.08 Å². The third-order valence-electron chi connectivity index (χ3n) is 5.80. The highest BCUT2D eigenvalue weighted by Crippen LogP contribution is 2.38. The van der Waals surface area contributed by atoms with E-state index in [1.165, 1.54) is 28.6 Å². The number of nitrogens with zero attached hydrogens (tertiary/aromatic N) is 3. The van der Waals surface area contributed by atoms with Gasteiger partial charge in [-0.15, -0.1) is 0 Å². The van der Waals surface area contributed by atoms with Gasteiger partial charge in [0.05, 0.1) is 15.8 Å². The van der Waals surface area contributed by atoms with E-state index in [0.29, 0.717) is 0 Å². The molecule has 0 saturated carbocycles. The number of likely N-dealkylation sites (tertiary alicyclic amines) is 1. The maximum Gasteiger partial charge on any atom is 0.316 e. The van der Waals surface area contributed by atoms with E-state index in [0.717, 1.165) is 37.1 Å². The van der Waals surface area contributed by atoms with Crippen molar-refractivity contribution in [1.29, 1.82) is 0 Å². The quantitative estimate of drug-likeness (QED) is 0.759. The van der Waals surface area contributed by atoms with Gasteiger partial charge in [-0.05, 0) is 49.2 Å². The van der Waals surface area contributed by atoms with Gasteiger partial charge in [0.15, 0.2) is 0 Å². The normalized spacial score (nSPS) is 22.0. The van der Waals surface area contributed by atoms with Gasteiger partial charge in [0.1, 0.15) is 0 Å². The Balaban J connectivity index is 1.74. The van der Waals surface area contributed by atoms with Gasteiger partial charge in [-0.25, -0.2) is 13.6 Å². The lowest BCUT2D eigenvalue weighted by molar-refractivity contribution is -0.729. The van der Waals surface area contributed by atoms with Crippen LogP contribution < -0.4 is 0 Å². The second-order valence-electron chi connectivity index (χ2n) is 7.45. The lowest BCUT2D eigenvalue weighted by Crippen LogP contribution is -2.46. The average molecular weight is 415 g/mol. The first-order valence-corrected chi connectivity index (χ1v) is 11.1. The Kier molecular flexibility index (Phi) is 5.24. The van der Waals surface area contributed by atoms with Gasteiger partial charge >= 0.3 is 5.69 Å². The first-order valence-electron chi connectivity index (χ1n) is 9.65. The second kappa shape index (κ2) is 7.70. The summed E-state index contributed by atoms with van der Waals surface area (Å²) < 4.78 is 28.3. The molecule has 0 radical (unpaired) electrons. The molecule has 4 rings (SSSR count). The topological polar surface area (TPSA) is 80.9 Å². The van der Waals surface area contributed by atoms with E-state index in [1.807, 2.05) is 24.3 Å². The van der Waals surface area contributed by atoms with Gasteiger partial charge in [-0.1, -0.05) is 36.4 Å². The summed E-state index contributed by atoms with van der Waals surface area (Å²) in [6.45, 7) is 1.90. The van der Waals surface area contributed by atoms with Crippen molar-refractivity contribution in [3.05, 3.63) is 70.6 Å². The second-order valence-corrected chi connectivity index (χ2v) is 9.45. The van der Waals surface area contributed by atoms with Crippen molar-refractivity contribution in [2.24, 2.45) is 0 Å². The monoisotopic (exact) mass is 414 g/mol. The third-order valence-corrected chi connectivity index (χ3v) is 7.65. The minimum absolute atomic E-state index is 0.0208. The zero-order valence-electron chi connectivity index (χ0n) is 16.2. The van der Waals surface area contributed by atoms with Crippen molar-refractivity contribution in [2.45, 2.75) is 29.8 Å². The van der Waals surface area contributed by atoms with E-state index >= 15 is 0 Å². The summed E-state index contributed by atoms with van der Waals surface area (Å²) in [6, 6.07) is 12.8. The van der Waals surface area contributed by atoms with Crippen LogP contribution in [0.5, 0.6) is 0 Å². The summed E-state index contributed by atoms with van der Waals surface area (Å²) in [5, 5.41) is 9.00. The van der Waals surface area contributed by atoms with E-state index in [1.54, 1.807) is 7.05 Å². The molecule has 1 aliphatic heterocycles. The van der Waals surface area contributed by atoms with Crippen LogP contribution in [-0.4, -0.2) is 53.9 Å². The average Bonchev–Trinajstić information content (AvgIpc) is 3.27. The molecular formula is C21H24N3O4S+. The van der Waals surface area contributed by atoms with E-state index in [9.17, 15) is 13.3 Å². The van der Waals surface area contributed by atoms with Gasteiger partial charge in [-0.3, -0.25) is 4.90 Å². The molecule has 2 aliphatic rings. The molecule has 1 fully saturated rings. The molecule has 0 spiro atoms. The highest BCUT2D eigenvalue weighted by molar-refractivity contribution is 7.89. The number of rotatable bonds is 5. The molecule has 0 aromatic heterocycles. The summed E-state index contributed by atoms with van der Waals surface area (Å²) in [5.41, 5.74) is 1.98. The Morgan fingerprint density at radius 2 is 1.72 bits per heavy atom. The molecular weight excluding hydrogens is 390 g/mol. The number of likely N-dealkylation sites (N-methyl/N-ethyl adjacent to an activating group) is 1. The van der Waals surface area contributed by atoms with E-state index in [4.69, 9.17) is 5.21 Å². The van der Waals surface area contributed by atoms with Crippen LogP contribution in [0, 0.1) is 4.91 Å². The van der Waals surface area contributed by atoms with Crippen molar-refractivity contribution in [1.82, 2.24) is 9.21 Å². The Bertz CT molecular complexity index is 1040. The smallest absolute Gasteiger partial charge is 0.295 e. The Morgan fingerprint density at radius 1 is 1.07 bits per heavy atom. The fourth-order valence-corrected chi connectivity index (χ4v) is 5.61. The van der Waals surface area contributed by atoms with Crippen molar-refractivity contribution in [3.8, 4) is 0 Å². The zero-order valence-corrected chi connectivity index (χ0v) is 17.0. The predicted octanol–water partition coefficient (Wildman–Crippen LogP) is 3.34. The summed E-state index contributed by atoms with van der Waals surface area (Å²) in [6.07, 6.45) is 6.41. The van der Waals surface area contributed by atoms with Crippen molar-refractivity contribution in [3.63, 3.8) is 0 Å². The fraction of sp³-hybridized carbons (Fsp3) is 0.333. The molecule has 152 valence electrons. The molecule has 1 saturated heterocycles. The standard InChI is InChI=1S/C21H24N3O4S/c1-22(29(27,28)18-11-9-17(10-12-18)24(25)26)21-19-7-3-2-6-16(19)8-13-20(21)23-14-4-5-15-23/h2-3,6-13,20-21H,4-5,14-15H2,1H3,(H,25,26)/q+1. The van der Waals surface area contributed by atoms with Gasteiger partial charge in [0.25, 0.3) is 4.92 Å². The van der Waals surface area contributed by atoms with Crippen LogP contribution >= 0.6 is 0 Å². The molecule has 2 aromatic carbocycles. The summed E-state index contributed by atoms with van der Waals surface area (Å²) in [7, 11) is -2.21. The Morgan fingerprint density at radius 3 is 2.38 bits per heavy atom. The first-order chi connectivity index (χ1) is 13.9. The van der Waals surface area contributed by atoms with Crippen LogP contribution in [0.1, 0.15) is 30.0 Å².